The van der Waals surface area contributed by atoms with Crippen LogP contribution in [0.4, 0.5) is 10.5 Å². The van der Waals surface area contributed by atoms with Gasteiger partial charge in [0.15, 0.2) is 0 Å². The molecular formula is C21H32N4O4. The van der Waals surface area contributed by atoms with Crippen LogP contribution in [-0.2, 0) is 9.53 Å². The Labute approximate surface area is 172 Å². The largest absolute Gasteiger partial charge is 0.444 e. The molecule has 0 aromatic heterocycles. The number of rotatable bonds is 4. The first-order chi connectivity index (χ1) is 13.5. The second kappa shape index (κ2) is 9.73. The lowest BCUT2D eigenvalue weighted by molar-refractivity contribution is -0.129. The molecular weight excluding hydrogens is 372 g/mol. The van der Waals surface area contributed by atoms with E-state index < -0.39 is 11.7 Å². The van der Waals surface area contributed by atoms with Crippen molar-refractivity contribution in [1.82, 2.24) is 14.7 Å². The van der Waals surface area contributed by atoms with Crippen LogP contribution >= 0.6 is 0 Å². The van der Waals surface area contributed by atoms with Gasteiger partial charge in [-0.05, 0) is 45.4 Å². The highest BCUT2D eigenvalue weighted by Gasteiger charge is 2.22. The molecule has 1 fully saturated rings. The summed E-state index contributed by atoms with van der Waals surface area (Å²) in [7, 11) is 3.49. The van der Waals surface area contributed by atoms with Gasteiger partial charge in [-0.1, -0.05) is 6.07 Å². The lowest BCUT2D eigenvalue weighted by Gasteiger charge is -2.23. The minimum Gasteiger partial charge on any atom is -0.444 e. The molecule has 1 saturated heterocycles. The average Bonchev–Trinajstić information content (AvgIpc) is 2.85. The molecule has 0 unspecified atom stereocenters. The van der Waals surface area contributed by atoms with E-state index in [2.05, 4.69) is 10.2 Å². The van der Waals surface area contributed by atoms with Crippen LogP contribution in [0, 0.1) is 0 Å². The van der Waals surface area contributed by atoms with E-state index in [4.69, 9.17) is 4.74 Å². The molecule has 1 N–H and O–H groups in total. The fourth-order valence-corrected chi connectivity index (χ4v) is 3.00. The molecule has 0 aliphatic carbocycles. The highest BCUT2D eigenvalue weighted by Crippen LogP contribution is 2.16. The Hall–Kier alpha value is -2.61. The number of nitrogens with zero attached hydrogens (tertiary/aromatic N) is 3. The number of ether oxygens (including phenoxy) is 1. The summed E-state index contributed by atoms with van der Waals surface area (Å²) in [4.78, 5) is 42.3. The number of likely N-dealkylation sites (N-methyl/N-ethyl adjacent to an activating group) is 1. The minimum absolute atomic E-state index is 0.0608. The highest BCUT2D eigenvalue weighted by atomic mass is 16.6. The van der Waals surface area contributed by atoms with Gasteiger partial charge in [-0.2, -0.15) is 0 Å². The number of carbonyl (C=O) groups excluding carboxylic acids is 3. The Kier molecular flexibility index (Phi) is 7.61. The van der Waals surface area contributed by atoms with Gasteiger partial charge < -0.3 is 14.5 Å². The third-order valence-corrected chi connectivity index (χ3v) is 4.49. The molecule has 1 aliphatic heterocycles. The van der Waals surface area contributed by atoms with E-state index in [0.29, 0.717) is 37.4 Å². The number of carbonyl (C=O) groups is 3. The molecule has 0 saturated carbocycles. The van der Waals surface area contributed by atoms with E-state index in [1.165, 1.54) is 0 Å². The maximum Gasteiger partial charge on any atom is 0.412 e. The summed E-state index contributed by atoms with van der Waals surface area (Å²) in [5.41, 5.74) is 0.429. The summed E-state index contributed by atoms with van der Waals surface area (Å²) in [5.74, 6) is -0.0238. The molecule has 2 rings (SSSR count). The number of benzene rings is 1. The molecule has 8 heteroatoms. The average molecular weight is 405 g/mol. The number of hydrogen-bond acceptors (Lipinski definition) is 5. The van der Waals surface area contributed by atoms with Gasteiger partial charge in [0.05, 0.1) is 6.54 Å². The molecule has 160 valence electrons. The first kappa shape index (κ1) is 22.7. The first-order valence-corrected chi connectivity index (χ1v) is 9.87. The maximum atomic E-state index is 12.9. The lowest BCUT2D eigenvalue weighted by atomic mass is 10.1. The van der Waals surface area contributed by atoms with Crippen LogP contribution in [0.15, 0.2) is 24.3 Å². The maximum absolute atomic E-state index is 12.9. The van der Waals surface area contributed by atoms with Gasteiger partial charge in [0, 0.05) is 51.5 Å². The quantitative estimate of drug-likeness (QED) is 0.833. The van der Waals surface area contributed by atoms with Crippen LogP contribution in [0.25, 0.3) is 0 Å². The van der Waals surface area contributed by atoms with E-state index in [-0.39, 0.29) is 11.8 Å². The van der Waals surface area contributed by atoms with Gasteiger partial charge in [0.1, 0.15) is 5.60 Å². The van der Waals surface area contributed by atoms with Crippen molar-refractivity contribution in [2.45, 2.75) is 32.8 Å². The third kappa shape index (κ3) is 7.38. The Morgan fingerprint density at radius 3 is 2.48 bits per heavy atom. The van der Waals surface area contributed by atoms with E-state index >= 15 is 0 Å². The minimum atomic E-state index is -0.594. The van der Waals surface area contributed by atoms with Gasteiger partial charge in [-0.15, -0.1) is 0 Å². The van der Waals surface area contributed by atoms with E-state index in [1.54, 1.807) is 68.9 Å². The van der Waals surface area contributed by atoms with E-state index in [1.807, 2.05) is 0 Å². The SMILES string of the molecule is CN(C)C(=O)CN1CCCN(C(=O)c2cccc(NC(=O)OC(C)(C)C)c2)CC1. The number of nitrogens with one attached hydrogen (secondary N) is 1. The molecule has 8 nitrogen and oxygen atoms in total. The van der Waals surface area contributed by atoms with Crippen molar-refractivity contribution in [3.05, 3.63) is 29.8 Å². The predicted octanol–water partition coefficient (Wildman–Crippen LogP) is 2.27. The van der Waals surface area contributed by atoms with Crippen molar-refractivity contribution in [2.24, 2.45) is 0 Å². The number of hydrogen-bond donors (Lipinski definition) is 1. The number of anilines is 1. The van der Waals surface area contributed by atoms with Crippen LogP contribution in [0.5, 0.6) is 0 Å². The molecule has 1 aliphatic rings. The number of amides is 3. The Morgan fingerprint density at radius 1 is 1.10 bits per heavy atom. The summed E-state index contributed by atoms with van der Waals surface area (Å²) in [5, 5.41) is 2.67. The zero-order valence-electron chi connectivity index (χ0n) is 18.0. The molecule has 3 amide bonds. The first-order valence-electron chi connectivity index (χ1n) is 9.87. The normalized spacial score (nSPS) is 15.4. The molecule has 1 heterocycles. The second-order valence-electron chi connectivity index (χ2n) is 8.42. The van der Waals surface area contributed by atoms with Crippen LogP contribution in [0.1, 0.15) is 37.6 Å². The van der Waals surface area contributed by atoms with Crippen molar-refractivity contribution in [2.75, 3.05) is 52.1 Å². The van der Waals surface area contributed by atoms with Crippen LogP contribution in [0.3, 0.4) is 0 Å². The highest BCUT2D eigenvalue weighted by molar-refractivity contribution is 5.96. The summed E-state index contributed by atoms with van der Waals surface area (Å²) in [6.07, 6.45) is 0.250. The van der Waals surface area contributed by atoms with Gasteiger partial charge in [0.2, 0.25) is 5.91 Å². The Bertz CT molecular complexity index is 742. The van der Waals surface area contributed by atoms with Gasteiger partial charge in [0.25, 0.3) is 5.91 Å². The standard InChI is InChI=1S/C21H32N4O4/c1-21(2,3)29-20(28)22-17-9-6-8-16(14-17)19(27)25-11-7-10-24(12-13-25)15-18(26)23(4)5/h6,8-9,14H,7,10-13,15H2,1-5H3,(H,22,28). The lowest BCUT2D eigenvalue weighted by Crippen LogP contribution is -2.39. The molecule has 0 spiro atoms. The van der Waals surface area contributed by atoms with Crippen molar-refractivity contribution in [3.8, 4) is 0 Å². The molecule has 0 radical (unpaired) electrons. The van der Waals surface area contributed by atoms with Crippen molar-refractivity contribution in [3.63, 3.8) is 0 Å². The van der Waals surface area contributed by atoms with E-state index in [9.17, 15) is 14.4 Å². The molecule has 0 bridgehead atoms. The fourth-order valence-electron chi connectivity index (χ4n) is 3.00. The summed E-state index contributed by atoms with van der Waals surface area (Å²) < 4.78 is 5.25. The van der Waals surface area contributed by atoms with Crippen LogP contribution in [-0.4, -0.2) is 85.0 Å². The summed E-state index contributed by atoms with van der Waals surface area (Å²) in [6, 6.07) is 6.85. The van der Waals surface area contributed by atoms with Gasteiger partial charge >= 0.3 is 6.09 Å². The van der Waals surface area contributed by atoms with Gasteiger partial charge in [-0.25, -0.2) is 4.79 Å². The third-order valence-electron chi connectivity index (χ3n) is 4.49. The Morgan fingerprint density at radius 2 is 1.83 bits per heavy atom. The van der Waals surface area contributed by atoms with Crippen molar-refractivity contribution >= 4 is 23.6 Å². The fraction of sp³-hybridized carbons (Fsp3) is 0.571. The molecule has 1 aromatic rings. The zero-order valence-corrected chi connectivity index (χ0v) is 18.0. The molecule has 0 atom stereocenters. The smallest absolute Gasteiger partial charge is 0.412 e. The van der Waals surface area contributed by atoms with Gasteiger partial charge in [-0.3, -0.25) is 19.8 Å². The summed E-state index contributed by atoms with van der Waals surface area (Å²) >= 11 is 0. The predicted molar refractivity (Wildman–Crippen MR) is 112 cm³/mol. The Balaban J connectivity index is 1.98. The van der Waals surface area contributed by atoms with E-state index in [0.717, 1.165) is 13.0 Å². The monoisotopic (exact) mass is 404 g/mol. The van der Waals surface area contributed by atoms with Crippen LogP contribution in [0.2, 0.25) is 0 Å². The van der Waals surface area contributed by atoms with Crippen LogP contribution < -0.4 is 5.32 Å². The van der Waals surface area contributed by atoms with Crippen molar-refractivity contribution < 1.29 is 19.1 Å². The second-order valence-corrected chi connectivity index (χ2v) is 8.42. The summed E-state index contributed by atoms with van der Waals surface area (Å²) in [6.45, 7) is 8.37. The zero-order chi connectivity index (χ0) is 21.6. The molecule has 29 heavy (non-hydrogen) atoms. The molecule has 1 aromatic carbocycles. The topological polar surface area (TPSA) is 82.2 Å². The van der Waals surface area contributed by atoms with Crippen molar-refractivity contribution in [1.29, 1.82) is 0 Å².